The fourth-order valence-corrected chi connectivity index (χ4v) is 1.41. The van der Waals surface area contributed by atoms with Crippen molar-refractivity contribution in [2.24, 2.45) is 0 Å². The Morgan fingerprint density at radius 2 is 2.12 bits per heavy atom. The van der Waals surface area contributed by atoms with Gasteiger partial charge in [0, 0.05) is 19.5 Å². The topological polar surface area (TPSA) is 91.4 Å². The molecule has 0 spiro atoms. The quantitative estimate of drug-likeness (QED) is 0.525. The predicted molar refractivity (Wildman–Crippen MR) is 59.5 cm³/mol. The van der Waals surface area contributed by atoms with Gasteiger partial charge in [0.05, 0.1) is 0 Å². The number of aromatic hydroxyl groups is 2. The van der Waals surface area contributed by atoms with Crippen molar-refractivity contribution in [1.82, 2.24) is 15.5 Å². The summed E-state index contributed by atoms with van der Waals surface area (Å²) in [6.45, 7) is 1.30. The second-order valence-electron chi connectivity index (χ2n) is 3.58. The Morgan fingerprint density at radius 3 is 2.82 bits per heavy atom. The minimum Gasteiger partial charge on any atom is -0.504 e. The van der Waals surface area contributed by atoms with E-state index in [0.29, 0.717) is 25.4 Å². The van der Waals surface area contributed by atoms with Crippen LogP contribution < -0.4 is 5.32 Å². The third-order valence-electron chi connectivity index (χ3n) is 2.29. The normalized spacial score (nSPS) is 10.6. The number of hydrogen-bond donors (Lipinski definition) is 3. The van der Waals surface area contributed by atoms with Gasteiger partial charge in [-0.1, -0.05) is 11.2 Å². The minimum atomic E-state index is -0.111. The van der Waals surface area contributed by atoms with Crippen molar-refractivity contribution in [3.63, 3.8) is 0 Å². The highest BCUT2D eigenvalue weighted by Gasteiger charge is 2.01. The van der Waals surface area contributed by atoms with E-state index in [1.807, 2.05) is 0 Å². The summed E-state index contributed by atoms with van der Waals surface area (Å²) in [6.07, 6.45) is 2.03. The van der Waals surface area contributed by atoms with Crippen molar-refractivity contribution in [3.8, 4) is 11.5 Å². The number of rotatable bonds is 5. The van der Waals surface area contributed by atoms with Crippen LogP contribution in [0.15, 0.2) is 29.0 Å². The zero-order valence-corrected chi connectivity index (χ0v) is 9.13. The number of hydrogen-bond acceptors (Lipinski definition) is 6. The Bertz CT molecular complexity index is 471. The summed E-state index contributed by atoms with van der Waals surface area (Å²) >= 11 is 0. The van der Waals surface area contributed by atoms with E-state index in [1.54, 1.807) is 6.07 Å². The van der Waals surface area contributed by atoms with Crippen molar-refractivity contribution < 1.29 is 14.7 Å². The molecule has 3 N–H and O–H groups in total. The molecule has 6 nitrogen and oxygen atoms in total. The van der Waals surface area contributed by atoms with E-state index in [1.165, 1.54) is 18.5 Å². The summed E-state index contributed by atoms with van der Waals surface area (Å²) in [7, 11) is 0. The molecule has 0 fully saturated rings. The minimum absolute atomic E-state index is 0.110. The summed E-state index contributed by atoms with van der Waals surface area (Å²) in [5, 5.41) is 25.1. The second-order valence-corrected chi connectivity index (χ2v) is 3.58. The Labute approximate surface area is 97.9 Å². The Kier molecular flexibility index (Phi) is 3.56. The lowest BCUT2D eigenvalue weighted by Crippen LogP contribution is -2.16. The molecule has 17 heavy (non-hydrogen) atoms. The molecule has 0 amide bonds. The van der Waals surface area contributed by atoms with E-state index in [-0.39, 0.29) is 11.5 Å². The van der Waals surface area contributed by atoms with Gasteiger partial charge in [0.1, 0.15) is 0 Å². The van der Waals surface area contributed by atoms with Gasteiger partial charge < -0.3 is 20.1 Å². The van der Waals surface area contributed by atoms with Crippen LogP contribution in [0.25, 0.3) is 0 Å². The summed E-state index contributed by atoms with van der Waals surface area (Å²) in [5.74, 6) is 0.367. The zero-order valence-electron chi connectivity index (χ0n) is 9.13. The number of benzene rings is 1. The largest absolute Gasteiger partial charge is 0.504 e. The van der Waals surface area contributed by atoms with Gasteiger partial charge in [-0.3, -0.25) is 0 Å². The third-order valence-corrected chi connectivity index (χ3v) is 2.29. The van der Waals surface area contributed by atoms with Gasteiger partial charge in [-0.05, 0) is 17.7 Å². The van der Waals surface area contributed by atoms with Crippen molar-refractivity contribution in [2.75, 3.05) is 6.54 Å². The molecule has 0 aliphatic rings. The SMILES string of the molecule is Oc1ccc(CNCCc2ncno2)cc1O. The molecule has 90 valence electrons. The lowest BCUT2D eigenvalue weighted by atomic mass is 10.2. The maximum absolute atomic E-state index is 9.30. The monoisotopic (exact) mass is 235 g/mol. The maximum atomic E-state index is 9.30. The number of nitrogens with one attached hydrogen (secondary N) is 1. The molecule has 1 aromatic heterocycles. The number of aromatic nitrogens is 2. The number of phenols is 2. The van der Waals surface area contributed by atoms with Crippen molar-refractivity contribution >= 4 is 0 Å². The van der Waals surface area contributed by atoms with Gasteiger partial charge in [-0.15, -0.1) is 0 Å². The molecule has 1 heterocycles. The van der Waals surface area contributed by atoms with E-state index in [2.05, 4.69) is 15.5 Å². The van der Waals surface area contributed by atoms with Crippen LogP contribution in [-0.2, 0) is 13.0 Å². The molecule has 0 saturated carbocycles. The fraction of sp³-hybridized carbons (Fsp3) is 0.273. The Balaban J connectivity index is 1.76. The summed E-state index contributed by atoms with van der Waals surface area (Å²) in [4.78, 5) is 3.90. The lowest BCUT2D eigenvalue weighted by molar-refractivity contribution is 0.374. The molecule has 0 bridgehead atoms. The molecule has 0 atom stereocenters. The molecule has 0 unspecified atom stereocenters. The first-order chi connectivity index (χ1) is 8.25. The van der Waals surface area contributed by atoms with Crippen LogP contribution in [0, 0.1) is 0 Å². The maximum Gasteiger partial charge on any atom is 0.227 e. The zero-order chi connectivity index (χ0) is 12.1. The predicted octanol–water partition coefficient (Wildman–Crippen LogP) is 0.813. The molecule has 6 heteroatoms. The summed E-state index contributed by atoms with van der Waals surface area (Å²) in [5.41, 5.74) is 0.894. The average molecular weight is 235 g/mol. The van der Waals surface area contributed by atoms with E-state index < -0.39 is 0 Å². The highest BCUT2D eigenvalue weighted by Crippen LogP contribution is 2.24. The molecule has 1 aromatic carbocycles. The second kappa shape index (κ2) is 5.31. The van der Waals surface area contributed by atoms with Crippen molar-refractivity contribution in [1.29, 1.82) is 0 Å². The van der Waals surface area contributed by atoms with Gasteiger partial charge in [0.2, 0.25) is 5.89 Å². The molecular weight excluding hydrogens is 222 g/mol. The van der Waals surface area contributed by atoms with Gasteiger partial charge in [-0.25, -0.2) is 0 Å². The lowest BCUT2D eigenvalue weighted by Gasteiger charge is -2.04. The first-order valence-corrected chi connectivity index (χ1v) is 5.23. The van der Waals surface area contributed by atoms with Gasteiger partial charge in [0.15, 0.2) is 17.8 Å². The average Bonchev–Trinajstić information content (AvgIpc) is 2.82. The Hall–Kier alpha value is -2.08. The van der Waals surface area contributed by atoms with Crippen LogP contribution in [-0.4, -0.2) is 26.9 Å². The number of nitrogens with zero attached hydrogens (tertiary/aromatic N) is 2. The highest BCUT2D eigenvalue weighted by molar-refractivity contribution is 5.40. The van der Waals surface area contributed by atoms with Crippen LogP contribution in [0.4, 0.5) is 0 Å². The molecule has 0 radical (unpaired) electrons. The molecule has 0 saturated heterocycles. The first-order valence-electron chi connectivity index (χ1n) is 5.23. The van der Waals surface area contributed by atoms with Gasteiger partial charge in [0.25, 0.3) is 0 Å². The first kappa shape index (κ1) is 11.4. The molecular formula is C11H13N3O3. The van der Waals surface area contributed by atoms with E-state index in [4.69, 9.17) is 9.63 Å². The van der Waals surface area contributed by atoms with E-state index >= 15 is 0 Å². The molecule has 2 aromatic rings. The van der Waals surface area contributed by atoms with Crippen molar-refractivity contribution in [3.05, 3.63) is 36.0 Å². The van der Waals surface area contributed by atoms with Crippen LogP contribution >= 0.6 is 0 Å². The van der Waals surface area contributed by atoms with E-state index in [0.717, 1.165) is 5.56 Å². The fourth-order valence-electron chi connectivity index (χ4n) is 1.41. The summed E-state index contributed by atoms with van der Waals surface area (Å²) < 4.78 is 4.85. The highest BCUT2D eigenvalue weighted by atomic mass is 16.5. The van der Waals surface area contributed by atoms with Gasteiger partial charge in [-0.2, -0.15) is 4.98 Å². The summed E-state index contributed by atoms with van der Waals surface area (Å²) in [6, 6.07) is 4.73. The number of phenolic OH excluding ortho intramolecular Hbond substituents is 2. The Morgan fingerprint density at radius 1 is 1.24 bits per heavy atom. The van der Waals surface area contributed by atoms with Gasteiger partial charge >= 0.3 is 0 Å². The molecule has 0 aliphatic carbocycles. The van der Waals surface area contributed by atoms with E-state index in [9.17, 15) is 5.11 Å². The van der Waals surface area contributed by atoms with Crippen LogP contribution in [0.5, 0.6) is 11.5 Å². The van der Waals surface area contributed by atoms with Crippen LogP contribution in [0.1, 0.15) is 11.5 Å². The smallest absolute Gasteiger partial charge is 0.227 e. The molecule has 2 rings (SSSR count). The molecule has 0 aliphatic heterocycles. The standard InChI is InChI=1S/C11H13N3O3/c15-9-2-1-8(5-10(9)16)6-12-4-3-11-13-7-14-17-11/h1-2,5,7,12,15-16H,3-4,6H2. The third kappa shape index (κ3) is 3.18. The van der Waals surface area contributed by atoms with Crippen molar-refractivity contribution in [2.45, 2.75) is 13.0 Å². The van der Waals surface area contributed by atoms with Crippen LogP contribution in [0.2, 0.25) is 0 Å². The van der Waals surface area contributed by atoms with Crippen LogP contribution in [0.3, 0.4) is 0 Å².